The van der Waals surface area contributed by atoms with Gasteiger partial charge in [0.25, 0.3) is 0 Å². The molecule has 1 rings (SSSR count). The Morgan fingerprint density at radius 2 is 1.50 bits per heavy atom. The molecule has 1 radical (unpaired) electrons. The van der Waals surface area contributed by atoms with E-state index in [1.165, 1.54) is 0 Å². The molecule has 0 aromatic carbocycles. The number of rotatable bonds is 0. The average Bonchev–Trinajstić information content (AvgIpc) is 1.69. The molecule has 47 valence electrons. The maximum absolute atomic E-state index is 4.73. The van der Waals surface area contributed by atoms with Crippen LogP contribution in [0.2, 0.25) is 0 Å². The summed E-state index contributed by atoms with van der Waals surface area (Å²) >= 11 is 4.73. The maximum atomic E-state index is 4.73. The van der Waals surface area contributed by atoms with Gasteiger partial charge in [0.1, 0.15) is 0 Å². The van der Waals surface area contributed by atoms with Crippen molar-refractivity contribution in [2.75, 3.05) is 0 Å². The standard InChI is InChI=1S/C5H5NS.Cu/c7-6-4-2-1-3-5-6;/h1-5H;. The molecule has 1 aromatic heterocycles. The number of pyridine rings is 1. The normalized spacial score (nSPS) is 7.50. The van der Waals surface area contributed by atoms with Gasteiger partial charge in [-0.05, 0) is 0 Å². The molecule has 0 fully saturated rings. The Morgan fingerprint density at radius 1 is 1.00 bits per heavy atom. The smallest absolute Gasteiger partial charge is 0.153 e. The Morgan fingerprint density at radius 3 is 1.75 bits per heavy atom. The van der Waals surface area contributed by atoms with E-state index in [1.807, 2.05) is 30.6 Å². The van der Waals surface area contributed by atoms with Crippen LogP contribution in [0.3, 0.4) is 0 Å². The van der Waals surface area contributed by atoms with E-state index in [0.29, 0.717) is 0 Å². The molecule has 0 saturated heterocycles. The molecule has 0 atom stereocenters. The van der Waals surface area contributed by atoms with E-state index < -0.39 is 0 Å². The Hall–Kier alpha value is -0.111. The largest absolute Gasteiger partial charge is 0.427 e. The van der Waals surface area contributed by atoms with E-state index in [9.17, 15) is 0 Å². The van der Waals surface area contributed by atoms with E-state index >= 15 is 0 Å². The molecule has 3 heteroatoms. The Bertz CT molecular complexity index is 142. The quantitative estimate of drug-likeness (QED) is 0.311. The first-order valence-electron chi connectivity index (χ1n) is 2.03. The minimum absolute atomic E-state index is 0. The maximum Gasteiger partial charge on any atom is 0.153 e. The van der Waals surface area contributed by atoms with E-state index in [-0.39, 0.29) is 17.1 Å². The third-order valence-corrected chi connectivity index (χ3v) is 0.932. The summed E-state index contributed by atoms with van der Waals surface area (Å²) in [5.41, 5.74) is 0. The van der Waals surface area contributed by atoms with Crippen molar-refractivity contribution in [2.24, 2.45) is 0 Å². The Balaban J connectivity index is 0.000000490. The van der Waals surface area contributed by atoms with Crippen LogP contribution in [0.4, 0.5) is 0 Å². The van der Waals surface area contributed by atoms with Crippen LogP contribution in [0.1, 0.15) is 0 Å². The van der Waals surface area contributed by atoms with Crippen molar-refractivity contribution in [3.8, 4) is 0 Å². The van der Waals surface area contributed by atoms with Gasteiger partial charge in [0.15, 0.2) is 12.4 Å². The van der Waals surface area contributed by atoms with Crippen LogP contribution in [0.25, 0.3) is 0 Å². The molecule has 1 aromatic rings. The van der Waals surface area contributed by atoms with Gasteiger partial charge in [0.05, 0.1) is 0 Å². The predicted molar refractivity (Wildman–Crippen MR) is 29.4 cm³/mol. The van der Waals surface area contributed by atoms with Gasteiger partial charge >= 0.3 is 0 Å². The van der Waals surface area contributed by atoms with Crippen molar-refractivity contribution in [1.29, 1.82) is 0 Å². The van der Waals surface area contributed by atoms with Crippen molar-refractivity contribution in [1.82, 2.24) is 0 Å². The summed E-state index contributed by atoms with van der Waals surface area (Å²) in [5, 5.41) is 0. The zero-order valence-electron chi connectivity index (χ0n) is 4.04. The van der Waals surface area contributed by atoms with Gasteiger partial charge < -0.3 is 16.8 Å². The number of aromatic nitrogens is 1. The number of hydrogen-bond donors (Lipinski definition) is 0. The molecule has 0 saturated carbocycles. The fourth-order valence-electron chi connectivity index (χ4n) is 0.383. The minimum atomic E-state index is 0. The van der Waals surface area contributed by atoms with E-state index in [0.717, 1.165) is 0 Å². The van der Waals surface area contributed by atoms with Crippen molar-refractivity contribution >= 4 is 12.8 Å². The van der Waals surface area contributed by atoms with Gasteiger partial charge in [-0.1, -0.05) is 6.07 Å². The zero-order chi connectivity index (χ0) is 5.11. The van der Waals surface area contributed by atoms with Gasteiger partial charge in [-0.2, -0.15) is 0 Å². The molecule has 0 amide bonds. The van der Waals surface area contributed by atoms with Crippen LogP contribution in [-0.4, -0.2) is 0 Å². The van der Waals surface area contributed by atoms with Crippen molar-refractivity contribution in [2.45, 2.75) is 0 Å². The third-order valence-electron chi connectivity index (χ3n) is 0.688. The van der Waals surface area contributed by atoms with Crippen molar-refractivity contribution in [3.63, 3.8) is 0 Å². The third kappa shape index (κ3) is 2.26. The van der Waals surface area contributed by atoms with Gasteiger partial charge in [0.2, 0.25) is 0 Å². The van der Waals surface area contributed by atoms with Gasteiger partial charge in [-0.25, -0.2) is 0 Å². The summed E-state index contributed by atoms with van der Waals surface area (Å²) in [4.78, 5) is 0. The van der Waals surface area contributed by atoms with Crippen LogP contribution in [0.5, 0.6) is 0 Å². The fraction of sp³-hybridized carbons (Fsp3) is 0. The fourth-order valence-corrected chi connectivity index (χ4v) is 0.523. The molecule has 0 aliphatic rings. The Labute approximate surface area is 64.7 Å². The van der Waals surface area contributed by atoms with Crippen LogP contribution in [-0.2, 0) is 29.9 Å². The first-order valence-corrected chi connectivity index (χ1v) is 2.40. The second kappa shape index (κ2) is 3.84. The molecule has 0 aliphatic carbocycles. The molecule has 0 N–H and O–H groups in total. The molecule has 0 bridgehead atoms. The first-order chi connectivity index (χ1) is 3.39. The molecule has 1 heterocycles. The predicted octanol–water partition coefficient (Wildman–Crippen LogP) is 0.282. The number of nitrogens with zero attached hydrogens (tertiary/aromatic N) is 1. The summed E-state index contributed by atoms with van der Waals surface area (Å²) < 4.78 is 1.58. The van der Waals surface area contributed by atoms with E-state index in [4.69, 9.17) is 12.8 Å². The van der Waals surface area contributed by atoms with Crippen LogP contribution in [0.15, 0.2) is 30.6 Å². The summed E-state index contributed by atoms with van der Waals surface area (Å²) in [6.07, 6.45) is 3.63. The molecular weight excluding hydrogens is 170 g/mol. The summed E-state index contributed by atoms with van der Waals surface area (Å²) in [7, 11) is 0. The Kier molecular flexibility index (Phi) is 3.79. The molecule has 1 nitrogen and oxygen atoms in total. The number of hydrogen-bond acceptors (Lipinski definition) is 1. The summed E-state index contributed by atoms with van der Waals surface area (Å²) in [6, 6.07) is 5.72. The second-order valence-electron chi connectivity index (χ2n) is 1.24. The SMILES string of the molecule is [Cu].[S-][n+]1ccccc1. The molecule has 0 unspecified atom stereocenters. The van der Waals surface area contributed by atoms with Crippen molar-refractivity contribution < 1.29 is 21.0 Å². The minimum Gasteiger partial charge on any atom is -0.427 e. The average molecular weight is 175 g/mol. The van der Waals surface area contributed by atoms with Gasteiger partial charge in [-0.3, -0.25) is 0 Å². The molecule has 8 heavy (non-hydrogen) atoms. The second-order valence-corrected chi connectivity index (χ2v) is 1.66. The first kappa shape index (κ1) is 7.89. The topological polar surface area (TPSA) is 3.88 Å². The van der Waals surface area contributed by atoms with Gasteiger partial charge in [0, 0.05) is 29.2 Å². The van der Waals surface area contributed by atoms with E-state index in [1.54, 1.807) is 3.97 Å². The van der Waals surface area contributed by atoms with Gasteiger partial charge in [-0.15, -0.1) is 0 Å². The van der Waals surface area contributed by atoms with Crippen LogP contribution in [0, 0.1) is 0 Å². The van der Waals surface area contributed by atoms with Crippen LogP contribution >= 0.6 is 0 Å². The molecule has 0 aliphatic heterocycles. The molecule has 0 spiro atoms. The van der Waals surface area contributed by atoms with Crippen LogP contribution < -0.4 is 3.97 Å². The van der Waals surface area contributed by atoms with E-state index in [2.05, 4.69) is 0 Å². The molecular formula is C5H5CuNS. The zero-order valence-corrected chi connectivity index (χ0v) is 5.80. The monoisotopic (exact) mass is 174 g/mol. The summed E-state index contributed by atoms with van der Waals surface area (Å²) in [6.45, 7) is 0. The van der Waals surface area contributed by atoms with Crippen molar-refractivity contribution in [3.05, 3.63) is 30.6 Å². The summed E-state index contributed by atoms with van der Waals surface area (Å²) in [5.74, 6) is 0.